The number of rotatable bonds is 3. The molecule has 3 aromatic rings. The van der Waals surface area contributed by atoms with E-state index < -0.39 is 0 Å². The summed E-state index contributed by atoms with van der Waals surface area (Å²) in [5, 5.41) is 10.5. The van der Waals surface area contributed by atoms with Gasteiger partial charge >= 0.3 is 0 Å². The molecule has 0 amide bonds. The van der Waals surface area contributed by atoms with E-state index in [-0.39, 0.29) is 5.92 Å². The summed E-state index contributed by atoms with van der Waals surface area (Å²) >= 11 is 3.84. The molecule has 0 radical (unpaired) electrons. The van der Waals surface area contributed by atoms with Crippen molar-refractivity contribution in [2.75, 3.05) is 18.0 Å². The first kappa shape index (κ1) is 20.9. The molecular weight excluding hydrogens is 436 g/mol. The predicted molar refractivity (Wildman–Crippen MR) is 128 cm³/mol. The van der Waals surface area contributed by atoms with Crippen LogP contribution in [0.3, 0.4) is 0 Å². The largest absolute Gasteiger partial charge is 0.371 e. The van der Waals surface area contributed by atoms with E-state index in [4.69, 9.17) is 4.98 Å². The molecule has 0 saturated carbocycles. The SMILES string of the molecule is Cc1cc(N2CCC(C#N)CC2)c2c(C)cn(-c3c(C)cc(C(C)C)cc3Br)c2n1. The highest BCUT2D eigenvalue weighted by Crippen LogP contribution is 2.37. The number of nitriles is 1. The second-order valence-corrected chi connectivity index (χ2v) is 9.73. The van der Waals surface area contributed by atoms with Crippen LogP contribution >= 0.6 is 15.9 Å². The van der Waals surface area contributed by atoms with Crippen molar-refractivity contribution >= 4 is 32.7 Å². The monoisotopic (exact) mass is 464 g/mol. The number of hydrogen-bond donors (Lipinski definition) is 0. The van der Waals surface area contributed by atoms with Gasteiger partial charge in [0.1, 0.15) is 5.65 Å². The molecule has 3 heterocycles. The summed E-state index contributed by atoms with van der Waals surface area (Å²) in [6.07, 6.45) is 4.08. The van der Waals surface area contributed by atoms with Crippen LogP contribution in [0.1, 0.15) is 55.0 Å². The maximum absolute atomic E-state index is 9.26. The van der Waals surface area contributed by atoms with Crippen LogP contribution in [0.2, 0.25) is 0 Å². The maximum Gasteiger partial charge on any atom is 0.147 e. The smallest absolute Gasteiger partial charge is 0.147 e. The zero-order valence-electron chi connectivity index (χ0n) is 18.5. The molecule has 1 saturated heterocycles. The number of aryl methyl sites for hydroxylation is 3. The average molecular weight is 465 g/mol. The van der Waals surface area contributed by atoms with Gasteiger partial charge in [-0.2, -0.15) is 5.26 Å². The number of pyridine rings is 1. The second-order valence-electron chi connectivity index (χ2n) is 8.88. The molecule has 30 heavy (non-hydrogen) atoms. The summed E-state index contributed by atoms with van der Waals surface area (Å²) in [6.45, 7) is 12.7. The molecule has 1 aromatic carbocycles. The minimum absolute atomic E-state index is 0.184. The van der Waals surface area contributed by atoms with Crippen molar-refractivity contribution in [3.05, 3.63) is 51.3 Å². The Kier molecular flexibility index (Phi) is 5.63. The lowest BCUT2D eigenvalue weighted by molar-refractivity contribution is 0.488. The fourth-order valence-corrected chi connectivity index (χ4v) is 5.35. The predicted octanol–water partition coefficient (Wildman–Crippen LogP) is 6.58. The molecular formula is C25H29BrN4. The molecule has 5 heteroatoms. The van der Waals surface area contributed by atoms with Crippen molar-refractivity contribution in [2.24, 2.45) is 5.92 Å². The minimum atomic E-state index is 0.184. The van der Waals surface area contributed by atoms with Crippen LogP contribution in [0.4, 0.5) is 5.69 Å². The van der Waals surface area contributed by atoms with Crippen molar-refractivity contribution in [3.63, 3.8) is 0 Å². The number of halogens is 1. The fourth-order valence-electron chi connectivity index (χ4n) is 4.58. The first-order valence-corrected chi connectivity index (χ1v) is 11.5. The van der Waals surface area contributed by atoms with Gasteiger partial charge in [0.2, 0.25) is 0 Å². The van der Waals surface area contributed by atoms with Crippen molar-refractivity contribution < 1.29 is 0 Å². The summed E-state index contributed by atoms with van der Waals surface area (Å²) < 4.78 is 3.34. The van der Waals surface area contributed by atoms with Gasteiger partial charge in [-0.1, -0.05) is 19.9 Å². The second kappa shape index (κ2) is 8.07. The Morgan fingerprint density at radius 1 is 1.10 bits per heavy atom. The topological polar surface area (TPSA) is 44.9 Å². The van der Waals surface area contributed by atoms with E-state index in [0.29, 0.717) is 5.92 Å². The van der Waals surface area contributed by atoms with E-state index in [0.717, 1.165) is 47.4 Å². The first-order chi connectivity index (χ1) is 14.3. The molecule has 0 bridgehead atoms. The average Bonchev–Trinajstić information content (AvgIpc) is 3.02. The quantitative estimate of drug-likeness (QED) is 0.439. The molecule has 0 atom stereocenters. The van der Waals surface area contributed by atoms with Crippen LogP contribution in [0, 0.1) is 38.0 Å². The molecule has 0 aliphatic carbocycles. The number of aromatic nitrogens is 2. The van der Waals surface area contributed by atoms with Gasteiger partial charge in [-0.3, -0.25) is 4.57 Å². The van der Waals surface area contributed by atoms with Gasteiger partial charge in [0, 0.05) is 46.4 Å². The molecule has 0 N–H and O–H groups in total. The van der Waals surface area contributed by atoms with Gasteiger partial charge in [-0.05, 0) is 84.3 Å². The van der Waals surface area contributed by atoms with E-state index in [1.54, 1.807) is 0 Å². The molecule has 4 nitrogen and oxygen atoms in total. The third-order valence-corrected chi connectivity index (χ3v) is 6.86. The van der Waals surface area contributed by atoms with Crippen LogP contribution in [0.15, 0.2) is 28.9 Å². The number of piperidine rings is 1. The van der Waals surface area contributed by atoms with Crippen LogP contribution in [0.25, 0.3) is 16.7 Å². The standard InChI is InChI=1S/C25H29BrN4/c1-15(2)20-10-16(3)24(21(26)12-20)30-14-17(4)23-22(11-18(5)28-25(23)30)29-8-6-19(13-27)7-9-29/h10-12,14-15,19H,6-9H2,1-5H3. The molecule has 156 valence electrons. The molecule has 0 unspecified atom stereocenters. The lowest BCUT2D eigenvalue weighted by Gasteiger charge is -2.32. The van der Waals surface area contributed by atoms with Crippen molar-refractivity contribution in [1.82, 2.24) is 9.55 Å². The van der Waals surface area contributed by atoms with Crippen molar-refractivity contribution in [1.29, 1.82) is 5.26 Å². The first-order valence-electron chi connectivity index (χ1n) is 10.7. The van der Waals surface area contributed by atoms with Crippen LogP contribution in [0.5, 0.6) is 0 Å². The number of nitrogens with zero attached hydrogens (tertiary/aromatic N) is 4. The highest BCUT2D eigenvalue weighted by Gasteiger charge is 2.24. The lowest BCUT2D eigenvalue weighted by Crippen LogP contribution is -2.33. The minimum Gasteiger partial charge on any atom is -0.371 e. The van der Waals surface area contributed by atoms with Gasteiger partial charge in [0.05, 0.1) is 11.8 Å². The molecule has 1 fully saturated rings. The van der Waals surface area contributed by atoms with Crippen LogP contribution < -0.4 is 4.90 Å². The third-order valence-electron chi connectivity index (χ3n) is 6.25. The van der Waals surface area contributed by atoms with Crippen molar-refractivity contribution in [2.45, 2.75) is 53.4 Å². The Hall–Kier alpha value is -2.32. The number of anilines is 1. The van der Waals surface area contributed by atoms with Crippen LogP contribution in [-0.2, 0) is 0 Å². The molecule has 1 aliphatic heterocycles. The summed E-state index contributed by atoms with van der Waals surface area (Å²) in [5.74, 6) is 0.670. The summed E-state index contributed by atoms with van der Waals surface area (Å²) in [6, 6.07) is 9.16. The molecule has 0 spiro atoms. The molecule has 1 aliphatic rings. The van der Waals surface area contributed by atoms with Gasteiger partial charge in [0.25, 0.3) is 0 Å². The van der Waals surface area contributed by atoms with Gasteiger partial charge in [-0.15, -0.1) is 0 Å². The Labute approximate surface area is 187 Å². The summed E-state index contributed by atoms with van der Waals surface area (Å²) in [5.41, 5.74) is 8.24. The highest BCUT2D eigenvalue weighted by atomic mass is 79.9. The Bertz CT molecular complexity index is 1120. The maximum atomic E-state index is 9.26. The van der Waals surface area contributed by atoms with Gasteiger partial charge in [0.15, 0.2) is 0 Å². The normalized spacial score (nSPS) is 15.2. The van der Waals surface area contributed by atoms with Crippen LogP contribution in [-0.4, -0.2) is 22.6 Å². The van der Waals surface area contributed by atoms with E-state index in [9.17, 15) is 5.26 Å². The zero-order valence-corrected chi connectivity index (χ0v) is 20.0. The van der Waals surface area contributed by atoms with Crippen molar-refractivity contribution in [3.8, 4) is 11.8 Å². The number of fused-ring (bicyclic) bond motifs is 1. The Balaban J connectivity index is 1.87. The lowest BCUT2D eigenvalue weighted by atomic mass is 9.97. The highest BCUT2D eigenvalue weighted by molar-refractivity contribution is 9.10. The summed E-state index contributed by atoms with van der Waals surface area (Å²) in [4.78, 5) is 7.40. The zero-order chi connectivity index (χ0) is 21.6. The fraction of sp³-hybridized carbons (Fsp3) is 0.440. The molecule has 2 aromatic heterocycles. The Morgan fingerprint density at radius 2 is 1.80 bits per heavy atom. The molecule has 4 rings (SSSR count). The van der Waals surface area contributed by atoms with E-state index in [1.165, 1.54) is 27.8 Å². The van der Waals surface area contributed by atoms with E-state index >= 15 is 0 Å². The van der Waals surface area contributed by atoms with Gasteiger partial charge in [-0.25, -0.2) is 4.98 Å². The third kappa shape index (κ3) is 3.63. The number of hydrogen-bond acceptors (Lipinski definition) is 3. The van der Waals surface area contributed by atoms with Gasteiger partial charge < -0.3 is 4.90 Å². The van der Waals surface area contributed by atoms with E-state index in [2.05, 4.69) is 90.5 Å². The summed E-state index contributed by atoms with van der Waals surface area (Å²) in [7, 11) is 0. The Morgan fingerprint density at radius 3 is 2.40 bits per heavy atom. The number of benzene rings is 1. The van der Waals surface area contributed by atoms with E-state index in [1.807, 2.05) is 0 Å².